The Morgan fingerprint density at radius 2 is 2.12 bits per heavy atom. The van der Waals surface area contributed by atoms with Crippen LogP contribution in [0.25, 0.3) is 0 Å². The molecule has 0 aromatic rings. The van der Waals surface area contributed by atoms with Crippen molar-refractivity contribution in [3.63, 3.8) is 0 Å². The maximum atomic E-state index is 11.6. The van der Waals surface area contributed by atoms with E-state index in [4.69, 9.17) is 5.11 Å². The summed E-state index contributed by atoms with van der Waals surface area (Å²) in [5.74, 6) is -0.970. The van der Waals surface area contributed by atoms with E-state index in [2.05, 4.69) is 11.4 Å². The fourth-order valence-electron chi connectivity index (χ4n) is 1.73. The first-order valence-electron chi connectivity index (χ1n) is 6.10. The van der Waals surface area contributed by atoms with Crippen molar-refractivity contribution in [2.45, 2.75) is 46.0 Å². The van der Waals surface area contributed by atoms with Crippen LogP contribution in [0.3, 0.4) is 0 Å². The molecule has 0 spiro atoms. The van der Waals surface area contributed by atoms with E-state index in [9.17, 15) is 9.59 Å². The number of nitrogens with one attached hydrogen (secondary N) is 1. The predicted molar refractivity (Wildman–Crippen MR) is 65.6 cm³/mol. The first-order chi connectivity index (χ1) is 7.92. The van der Waals surface area contributed by atoms with Gasteiger partial charge in [-0.3, -0.25) is 9.59 Å². The predicted octanol–water partition coefficient (Wildman–Crippen LogP) is 2.10. The van der Waals surface area contributed by atoms with E-state index in [0.717, 1.165) is 19.3 Å². The van der Waals surface area contributed by atoms with Gasteiger partial charge in [0.1, 0.15) is 0 Å². The maximum absolute atomic E-state index is 11.6. The summed E-state index contributed by atoms with van der Waals surface area (Å²) in [7, 11) is 0. The zero-order valence-electron chi connectivity index (χ0n) is 10.6. The quantitative estimate of drug-likeness (QED) is 0.722. The van der Waals surface area contributed by atoms with Crippen molar-refractivity contribution < 1.29 is 14.7 Å². The average Bonchev–Trinajstić information content (AvgIpc) is 2.28. The minimum absolute atomic E-state index is 0.0764. The molecule has 0 atom stereocenters. The molecule has 0 bridgehead atoms. The lowest BCUT2D eigenvalue weighted by Gasteiger charge is -2.20. The van der Waals surface area contributed by atoms with Crippen LogP contribution in [0.15, 0.2) is 11.6 Å². The monoisotopic (exact) mass is 239 g/mol. The van der Waals surface area contributed by atoms with Crippen LogP contribution in [0.2, 0.25) is 0 Å². The Labute approximate surface area is 102 Å². The van der Waals surface area contributed by atoms with E-state index in [1.807, 2.05) is 0 Å². The maximum Gasteiger partial charge on any atom is 0.310 e. The summed E-state index contributed by atoms with van der Waals surface area (Å²) in [6, 6.07) is 0. The summed E-state index contributed by atoms with van der Waals surface area (Å²) in [4.78, 5) is 22.5. The lowest BCUT2D eigenvalue weighted by atomic mass is 9.93. The van der Waals surface area contributed by atoms with Gasteiger partial charge in [-0.2, -0.15) is 0 Å². The molecule has 0 unspecified atom stereocenters. The van der Waals surface area contributed by atoms with Gasteiger partial charge in [-0.05, 0) is 39.5 Å². The second-order valence-corrected chi connectivity index (χ2v) is 5.25. The number of carbonyl (C=O) groups excluding carboxylic acids is 1. The van der Waals surface area contributed by atoms with E-state index in [1.165, 1.54) is 12.0 Å². The lowest BCUT2D eigenvalue weighted by molar-refractivity contribution is -0.146. The van der Waals surface area contributed by atoms with Crippen LogP contribution in [0.4, 0.5) is 0 Å². The summed E-state index contributed by atoms with van der Waals surface area (Å²) < 4.78 is 0. The minimum Gasteiger partial charge on any atom is -0.481 e. The molecule has 17 heavy (non-hydrogen) atoms. The van der Waals surface area contributed by atoms with Crippen LogP contribution in [0.1, 0.15) is 46.0 Å². The number of carboxylic acids is 1. The molecule has 0 saturated carbocycles. The smallest absolute Gasteiger partial charge is 0.310 e. The second kappa shape index (κ2) is 5.84. The van der Waals surface area contributed by atoms with Gasteiger partial charge < -0.3 is 10.4 Å². The number of hydrogen-bond donors (Lipinski definition) is 2. The molecule has 0 radical (unpaired) electrons. The molecule has 96 valence electrons. The molecule has 0 fully saturated rings. The Morgan fingerprint density at radius 3 is 2.65 bits per heavy atom. The highest BCUT2D eigenvalue weighted by atomic mass is 16.4. The highest BCUT2D eigenvalue weighted by molar-refractivity contribution is 5.80. The normalized spacial score (nSPS) is 16.2. The molecule has 0 aliphatic heterocycles. The highest BCUT2D eigenvalue weighted by Crippen LogP contribution is 2.20. The van der Waals surface area contributed by atoms with Crippen LogP contribution in [0, 0.1) is 5.41 Å². The van der Waals surface area contributed by atoms with E-state index in [-0.39, 0.29) is 12.5 Å². The average molecular weight is 239 g/mol. The minimum atomic E-state index is -0.906. The number of hydrogen-bond acceptors (Lipinski definition) is 2. The van der Waals surface area contributed by atoms with Crippen molar-refractivity contribution >= 4 is 11.9 Å². The Hall–Kier alpha value is -1.32. The number of carbonyl (C=O) groups is 2. The number of carboxylic acid groups (broad SMARTS) is 1. The van der Waals surface area contributed by atoms with Gasteiger partial charge in [0.25, 0.3) is 0 Å². The van der Waals surface area contributed by atoms with Crippen molar-refractivity contribution in [1.82, 2.24) is 5.32 Å². The van der Waals surface area contributed by atoms with E-state index >= 15 is 0 Å². The third-order valence-electron chi connectivity index (χ3n) is 3.08. The summed E-state index contributed by atoms with van der Waals surface area (Å²) in [6.07, 6.45) is 6.96. The second-order valence-electron chi connectivity index (χ2n) is 5.25. The molecule has 1 amide bonds. The SMILES string of the molecule is CC(C)(CNC(=O)CC1=CCCCC1)C(=O)O. The van der Waals surface area contributed by atoms with Gasteiger partial charge in [-0.25, -0.2) is 0 Å². The van der Waals surface area contributed by atoms with Gasteiger partial charge in [0, 0.05) is 13.0 Å². The van der Waals surface area contributed by atoms with Crippen LogP contribution in [-0.4, -0.2) is 23.5 Å². The van der Waals surface area contributed by atoms with Crippen molar-refractivity contribution in [2.75, 3.05) is 6.54 Å². The van der Waals surface area contributed by atoms with Crippen molar-refractivity contribution in [3.05, 3.63) is 11.6 Å². The largest absolute Gasteiger partial charge is 0.481 e. The molecule has 0 aromatic heterocycles. The fraction of sp³-hybridized carbons (Fsp3) is 0.692. The first kappa shape index (κ1) is 13.7. The van der Waals surface area contributed by atoms with Crippen LogP contribution >= 0.6 is 0 Å². The van der Waals surface area contributed by atoms with E-state index in [1.54, 1.807) is 13.8 Å². The van der Waals surface area contributed by atoms with Crippen LogP contribution < -0.4 is 5.32 Å². The lowest BCUT2D eigenvalue weighted by Crippen LogP contribution is -2.38. The molecule has 1 aliphatic carbocycles. The van der Waals surface area contributed by atoms with Gasteiger partial charge in [0.2, 0.25) is 5.91 Å². The Morgan fingerprint density at radius 1 is 1.41 bits per heavy atom. The molecule has 1 aliphatic rings. The molecular weight excluding hydrogens is 218 g/mol. The molecule has 0 heterocycles. The molecule has 2 N–H and O–H groups in total. The number of aliphatic carboxylic acids is 1. The van der Waals surface area contributed by atoms with Crippen LogP contribution in [0.5, 0.6) is 0 Å². The molecule has 4 heteroatoms. The third-order valence-corrected chi connectivity index (χ3v) is 3.08. The van der Waals surface area contributed by atoms with E-state index < -0.39 is 11.4 Å². The molecular formula is C13H21NO3. The van der Waals surface area contributed by atoms with Gasteiger partial charge in [-0.1, -0.05) is 11.6 Å². The standard InChI is InChI=1S/C13H21NO3/c1-13(2,12(16)17)9-14-11(15)8-10-6-4-3-5-7-10/h6H,3-5,7-9H2,1-2H3,(H,14,15)(H,16,17). The molecule has 0 aromatic carbocycles. The van der Waals surface area contributed by atoms with Crippen molar-refractivity contribution in [2.24, 2.45) is 5.41 Å². The Balaban J connectivity index is 2.35. The zero-order chi connectivity index (χ0) is 12.9. The topological polar surface area (TPSA) is 66.4 Å². The van der Waals surface area contributed by atoms with Gasteiger partial charge in [0.05, 0.1) is 5.41 Å². The summed E-state index contributed by atoms with van der Waals surface area (Å²) >= 11 is 0. The number of allylic oxidation sites excluding steroid dienone is 1. The van der Waals surface area contributed by atoms with E-state index in [0.29, 0.717) is 6.42 Å². The van der Waals surface area contributed by atoms with Gasteiger partial charge >= 0.3 is 5.97 Å². The Kier molecular flexibility index (Phi) is 4.73. The first-order valence-corrected chi connectivity index (χ1v) is 6.10. The fourth-order valence-corrected chi connectivity index (χ4v) is 1.73. The highest BCUT2D eigenvalue weighted by Gasteiger charge is 2.27. The summed E-state index contributed by atoms with van der Waals surface area (Å²) in [5, 5.41) is 11.6. The van der Waals surface area contributed by atoms with Gasteiger partial charge in [-0.15, -0.1) is 0 Å². The van der Waals surface area contributed by atoms with Crippen molar-refractivity contribution in [1.29, 1.82) is 0 Å². The molecule has 0 saturated heterocycles. The van der Waals surface area contributed by atoms with Gasteiger partial charge in [0.15, 0.2) is 0 Å². The summed E-state index contributed by atoms with van der Waals surface area (Å²) in [5.41, 5.74) is 0.276. The van der Waals surface area contributed by atoms with Crippen molar-refractivity contribution in [3.8, 4) is 0 Å². The number of amides is 1. The zero-order valence-corrected chi connectivity index (χ0v) is 10.6. The number of rotatable bonds is 5. The summed E-state index contributed by atoms with van der Waals surface area (Å²) in [6.45, 7) is 3.39. The molecule has 1 rings (SSSR count). The Bertz CT molecular complexity index is 332. The third kappa shape index (κ3) is 4.59. The van der Waals surface area contributed by atoms with Crippen LogP contribution in [-0.2, 0) is 9.59 Å². The molecule has 4 nitrogen and oxygen atoms in total.